The number of rotatable bonds is 6. The monoisotopic (exact) mass is 354 g/mol. The quantitative estimate of drug-likeness (QED) is 0.705. The lowest BCUT2D eigenvalue weighted by Gasteiger charge is -2.14. The number of anilines is 4. The summed E-state index contributed by atoms with van der Waals surface area (Å²) in [5, 5.41) is 10.5. The van der Waals surface area contributed by atoms with Gasteiger partial charge in [0.15, 0.2) is 0 Å². The highest BCUT2D eigenvalue weighted by molar-refractivity contribution is 6.36. The molecule has 1 aromatic heterocycles. The summed E-state index contributed by atoms with van der Waals surface area (Å²) in [7, 11) is 0. The molecule has 0 aliphatic carbocycles. The Morgan fingerprint density at radius 3 is 1.83 bits per heavy atom. The number of benzene rings is 1. The van der Waals surface area contributed by atoms with Crippen molar-refractivity contribution in [1.82, 2.24) is 15.0 Å². The Bertz CT molecular complexity index is 647. The van der Waals surface area contributed by atoms with Crippen molar-refractivity contribution in [3.63, 3.8) is 0 Å². The highest BCUT2D eigenvalue weighted by Gasteiger charge is 2.10. The zero-order valence-corrected chi connectivity index (χ0v) is 15.0. The zero-order valence-electron chi connectivity index (χ0n) is 13.5. The van der Waals surface area contributed by atoms with Gasteiger partial charge in [0.1, 0.15) is 0 Å². The number of nitrogens with zero attached hydrogens (tertiary/aromatic N) is 3. The van der Waals surface area contributed by atoms with E-state index in [4.69, 9.17) is 23.2 Å². The molecule has 2 aromatic rings. The van der Waals surface area contributed by atoms with Crippen LogP contribution in [0.25, 0.3) is 0 Å². The van der Waals surface area contributed by atoms with Crippen molar-refractivity contribution in [2.75, 3.05) is 16.0 Å². The van der Waals surface area contributed by atoms with Crippen LogP contribution >= 0.6 is 23.2 Å². The number of hydrogen-bond acceptors (Lipinski definition) is 6. The van der Waals surface area contributed by atoms with Gasteiger partial charge in [-0.1, -0.05) is 23.2 Å². The highest BCUT2D eigenvalue weighted by atomic mass is 35.5. The molecule has 0 unspecified atom stereocenters. The van der Waals surface area contributed by atoms with Crippen molar-refractivity contribution in [3.05, 3.63) is 28.2 Å². The number of aromatic nitrogens is 3. The third-order valence-electron chi connectivity index (χ3n) is 2.65. The summed E-state index contributed by atoms with van der Waals surface area (Å²) < 4.78 is 0. The van der Waals surface area contributed by atoms with E-state index >= 15 is 0 Å². The first-order valence-corrected chi connectivity index (χ1v) is 8.10. The maximum absolute atomic E-state index is 6.18. The van der Waals surface area contributed by atoms with Crippen LogP contribution in [-0.2, 0) is 0 Å². The molecule has 8 heteroatoms. The summed E-state index contributed by atoms with van der Waals surface area (Å²) in [6, 6.07) is 5.59. The summed E-state index contributed by atoms with van der Waals surface area (Å²) in [5.74, 6) is 1.38. The van der Waals surface area contributed by atoms with Gasteiger partial charge in [-0.2, -0.15) is 15.0 Å². The molecule has 0 atom stereocenters. The van der Waals surface area contributed by atoms with Crippen LogP contribution in [0, 0.1) is 0 Å². The van der Waals surface area contributed by atoms with Crippen LogP contribution in [0.3, 0.4) is 0 Å². The Morgan fingerprint density at radius 1 is 0.826 bits per heavy atom. The fraction of sp³-hybridized carbons (Fsp3) is 0.400. The molecule has 1 heterocycles. The average molecular weight is 355 g/mol. The van der Waals surface area contributed by atoms with Gasteiger partial charge < -0.3 is 16.0 Å². The van der Waals surface area contributed by atoms with E-state index in [2.05, 4.69) is 30.9 Å². The molecular formula is C15H20Cl2N6. The number of halogens is 2. The smallest absolute Gasteiger partial charge is 0.233 e. The molecule has 0 aliphatic heterocycles. The molecule has 0 amide bonds. The van der Waals surface area contributed by atoms with Crippen molar-refractivity contribution in [3.8, 4) is 0 Å². The van der Waals surface area contributed by atoms with Crippen LogP contribution in [0.1, 0.15) is 27.7 Å². The Morgan fingerprint density at radius 2 is 1.35 bits per heavy atom. The predicted molar refractivity (Wildman–Crippen MR) is 97.1 cm³/mol. The summed E-state index contributed by atoms with van der Waals surface area (Å²) in [4.78, 5) is 13.1. The van der Waals surface area contributed by atoms with E-state index in [1.54, 1.807) is 18.2 Å². The minimum absolute atomic E-state index is 0.205. The van der Waals surface area contributed by atoms with Crippen molar-refractivity contribution < 1.29 is 0 Å². The summed E-state index contributed by atoms with van der Waals surface area (Å²) in [6.45, 7) is 8.07. The van der Waals surface area contributed by atoms with Crippen molar-refractivity contribution in [2.24, 2.45) is 0 Å². The van der Waals surface area contributed by atoms with E-state index in [-0.39, 0.29) is 12.1 Å². The standard InChI is InChI=1S/C15H20Cl2N6/c1-8(2)18-13-21-14(19-9(3)4)23-15(22-13)20-12-6-5-10(16)7-11(12)17/h5-9H,1-4H3,(H3,18,19,20,21,22,23). The van der Waals surface area contributed by atoms with E-state index in [1.807, 2.05) is 27.7 Å². The van der Waals surface area contributed by atoms with E-state index in [9.17, 15) is 0 Å². The summed E-state index contributed by atoms with van der Waals surface area (Å²) in [5.41, 5.74) is 0.674. The predicted octanol–water partition coefficient (Wildman–Crippen LogP) is 4.56. The molecule has 3 N–H and O–H groups in total. The molecule has 6 nitrogen and oxygen atoms in total. The summed E-state index contributed by atoms with van der Waals surface area (Å²) >= 11 is 12.1. The van der Waals surface area contributed by atoms with Gasteiger partial charge in [-0.3, -0.25) is 0 Å². The second kappa shape index (κ2) is 7.66. The van der Waals surface area contributed by atoms with Gasteiger partial charge in [-0.15, -0.1) is 0 Å². The van der Waals surface area contributed by atoms with Crippen molar-refractivity contribution >= 4 is 46.7 Å². The molecule has 124 valence electrons. The Kier molecular flexibility index (Phi) is 5.85. The maximum Gasteiger partial charge on any atom is 0.233 e. The molecule has 0 radical (unpaired) electrons. The van der Waals surface area contributed by atoms with E-state index < -0.39 is 0 Å². The molecule has 0 aliphatic rings. The Hall–Kier alpha value is -1.79. The third kappa shape index (κ3) is 5.41. The normalized spacial score (nSPS) is 11.0. The van der Waals surface area contributed by atoms with Gasteiger partial charge in [0.05, 0.1) is 10.7 Å². The summed E-state index contributed by atoms with van der Waals surface area (Å²) in [6.07, 6.45) is 0. The molecule has 0 saturated heterocycles. The topological polar surface area (TPSA) is 74.8 Å². The SMILES string of the molecule is CC(C)Nc1nc(Nc2ccc(Cl)cc2Cl)nc(NC(C)C)n1. The van der Waals surface area contributed by atoms with Gasteiger partial charge in [0.25, 0.3) is 0 Å². The van der Waals surface area contributed by atoms with Crippen LogP contribution in [0.2, 0.25) is 10.0 Å². The van der Waals surface area contributed by atoms with E-state index in [1.165, 1.54) is 0 Å². The minimum Gasteiger partial charge on any atom is -0.352 e. The Balaban J connectivity index is 2.31. The van der Waals surface area contributed by atoms with Crippen LogP contribution in [0.5, 0.6) is 0 Å². The molecule has 1 aromatic carbocycles. The van der Waals surface area contributed by atoms with Crippen molar-refractivity contribution in [1.29, 1.82) is 0 Å². The molecular weight excluding hydrogens is 335 g/mol. The molecule has 2 rings (SSSR count). The van der Waals surface area contributed by atoms with Crippen molar-refractivity contribution in [2.45, 2.75) is 39.8 Å². The van der Waals surface area contributed by atoms with Gasteiger partial charge in [0, 0.05) is 17.1 Å². The van der Waals surface area contributed by atoms with Gasteiger partial charge in [-0.05, 0) is 45.9 Å². The minimum atomic E-state index is 0.205. The number of nitrogens with one attached hydrogen (secondary N) is 3. The largest absolute Gasteiger partial charge is 0.352 e. The van der Waals surface area contributed by atoms with Gasteiger partial charge >= 0.3 is 0 Å². The number of hydrogen-bond donors (Lipinski definition) is 3. The van der Waals surface area contributed by atoms with Gasteiger partial charge in [0.2, 0.25) is 17.8 Å². The first-order valence-electron chi connectivity index (χ1n) is 7.34. The first-order chi connectivity index (χ1) is 10.8. The van der Waals surface area contributed by atoms with Crippen LogP contribution < -0.4 is 16.0 Å². The molecule has 0 spiro atoms. The van der Waals surface area contributed by atoms with E-state index in [0.717, 1.165) is 0 Å². The zero-order chi connectivity index (χ0) is 17.0. The van der Waals surface area contributed by atoms with Crippen LogP contribution in [0.15, 0.2) is 18.2 Å². The average Bonchev–Trinajstić information content (AvgIpc) is 2.40. The third-order valence-corrected chi connectivity index (χ3v) is 3.20. The fourth-order valence-corrected chi connectivity index (χ4v) is 2.24. The lowest BCUT2D eigenvalue weighted by molar-refractivity contribution is 0.847. The van der Waals surface area contributed by atoms with Crippen LogP contribution in [0.4, 0.5) is 23.5 Å². The fourth-order valence-electron chi connectivity index (χ4n) is 1.79. The van der Waals surface area contributed by atoms with Gasteiger partial charge in [-0.25, -0.2) is 0 Å². The lowest BCUT2D eigenvalue weighted by Crippen LogP contribution is -2.18. The lowest BCUT2D eigenvalue weighted by atomic mass is 10.3. The molecule has 0 bridgehead atoms. The Labute approximate surface area is 146 Å². The molecule has 0 saturated carbocycles. The van der Waals surface area contributed by atoms with E-state index in [0.29, 0.717) is 33.6 Å². The molecule has 23 heavy (non-hydrogen) atoms. The second-order valence-corrected chi connectivity index (χ2v) is 6.50. The van der Waals surface area contributed by atoms with Crippen LogP contribution in [-0.4, -0.2) is 27.0 Å². The second-order valence-electron chi connectivity index (χ2n) is 5.65. The highest BCUT2D eigenvalue weighted by Crippen LogP contribution is 2.27. The first kappa shape index (κ1) is 17.6. The maximum atomic E-state index is 6.18. The molecule has 0 fully saturated rings.